The summed E-state index contributed by atoms with van der Waals surface area (Å²) in [6.45, 7) is 6.71. The average Bonchev–Trinajstić information content (AvgIpc) is 2.19. The summed E-state index contributed by atoms with van der Waals surface area (Å²) in [5.74, 6) is 0. The van der Waals surface area contributed by atoms with Crippen molar-refractivity contribution in [2.24, 2.45) is 5.73 Å². The average molecular weight is 199 g/mol. The van der Waals surface area contributed by atoms with Gasteiger partial charge in [0.1, 0.15) is 0 Å². The van der Waals surface area contributed by atoms with Crippen LogP contribution in [0.25, 0.3) is 0 Å². The van der Waals surface area contributed by atoms with Gasteiger partial charge in [-0.25, -0.2) is 0 Å². The van der Waals surface area contributed by atoms with E-state index in [-0.39, 0.29) is 5.54 Å². The molecule has 1 rings (SSSR count). The highest BCUT2D eigenvalue weighted by Crippen LogP contribution is 2.25. The largest absolute Gasteiger partial charge is 0.329 e. The highest BCUT2D eigenvalue weighted by Gasteiger charge is 2.34. The van der Waals surface area contributed by atoms with Gasteiger partial charge in [0, 0.05) is 12.1 Å². The predicted molar refractivity (Wildman–Crippen MR) is 61.4 cm³/mol. The maximum Gasteiger partial charge on any atom is 0.0349 e. The zero-order valence-electron chi connectivity index (χ0n) is 9.92. The fourth-order valence-corrected chi connectivity index (χ4v) is 2.34. The van der Waals surface area contributed by atoms with Crippen LogP contribution in [0, 0.1) is 0 Å². The number of likely N-dealkylation sites (tertiary alicyclic amines) is 1. The molecule has 0 aromatic carbocycles. The molecule has 1 saturated heterocycles. The number of likely N-dealkylation sites (N-methyl/N-ethyl adjacent to an activating group) is 1. The standard InChI is InChI=1S/C11H25N3/c1-4-7-14-8-5-11(10-12,6-9-14)13(2)3/h4-10,12H2,1-3H3. The lowest BCUT2D eigenvalue weighted by molar-refractivity contribution is 0.0630. The maximum absolute atomic E-state index is 5.90. The monoisotopic (exact) mass is 199 g/mol. The Bertz CT molecular complexity index is 160. The van der Waals surface area contributed by atoms with Crippen LogP contribution in [0.1, 0.15) is 26.2 Å². The van der Waals surface area contributed by atoms with Gasteiger partial charge < -0.3 is 15.5 Å². The molecule has 1 aliphatic heterocycles. The van der Waals surface area contributed by atoms with Crippen LogP contribution in [-0.4, -0.2) is 55.6 Å². The van der Waals surface area contributed by atoms with Gasteiger partial charge in [0.05, 0.1) is 0 Å². The minimum atomic E-state index is 0.268. The fourth-order valence-electron chi connectivity index (χ4n) is 2.34. The summed E-state index contributed by atoms with van der Waals surface area (Å²) in [7, 11) is 4.31. The van der Waals surface area contributed by atoms with Gasteiger partial charge in [-0.3, -0.25) is 0 Å². The Labute approximate surface area is 88.2 Å². The zero-order valence-corrected chi connectivity index (χ0v) is 9.92. The Morgan fingerprint density at radius 2 is 1.86 bits per heavy atom. The first-order valence-electron chi connectivity index (χ1n) is 5.74. The Hall–Kier alpha value is -0.120. The van der Waals surface area contributed by atoms with Crippen molar-refractivity contribution in [2.75, 3.05) is 40.3 Å². The molecule has 14 heavy (non-hydrogen) atoms. The van der Waals surface area contributed by atoms with E-state index in [0.29, 0.717) is 0 Å². The smallest absolute Gasteiger partial charge is 0.0349 e. The first kappa shape index (κ1) is 12.0. The first-order chi connectivity index (χ1) is 6.64. The number of nitrogens with zero attached hydrogens (tertiary/aromatic N) is 2. The normalized spacial score (nSPS) is 22.9. The van der Waals surface area contributed by atoms with Gasteiger partial charge in [-0.15, -0.1) is 0 Å². The predicted octanol–water partition coefficient (Wildman–Crippen LogP) is 0.751. The topological polar surface area (TPSA) is 32.5 Å². The molecular formula is C11H25N3. The number of hydrogen-bond donors (Lipinski definition) is 1. The molecule has 3 heteroatoms. The van der Waals surface area contributed by atoms with Gasteiger partial charge in [0.25, 0.3) is 0 Å². The number of hydrogen-bond acceptors (Lipinski definition) is 3. The van der Waals surface area contributed by atoms with Crippen molar-refractivity contribution in [3.05, 3.63) is 0 Å². The minimum Gasteiger partial charge on any atom is -0.329 e. The lowest BCUT2D eigenvalue weighted by Gasteiger charge is -2.45. The quantitative estimate of drug-likeness (QED) is 0.725. The summed E-state index contributed by atoms with van der Waals surface area (Å²) >= 11 is 0. The van der Waals surface area contributed by atoms with Gasteiger partial charge in [-0.05, 0) is 53.0 Å². The molecule has 1 aliphatic rings. The van der Waals surface area contributed by atoms with Crippen LogP contribution in [0.5, 0.6) is 0 Å². The van der Waals surface area contributed by atoms with Crippen LogP contribution < -0.4 is 5.73 Å². The van der Waals surface area contributed by atoms with Crippen LogP contribution >= 0.6 is 0 Å². The summed E-state index contributed by atoms with van der Waals surface area (Å²) < 4.78 is 0. The molecule has 1 heterocycles. The van der Waals surface area contributed by atoms with Crippen molar-refractivity contribution in [3.63, 3.8) is 0 Å². The van der Waals surface area contributed by atoms with E-state index in [0.717, 1.165) is 6.54 Å². The molecule has 0 spiro atoms. The van der Waals surface area contributed by atoms with Gasteiger partial charge in [0.15, 0.2) is 0 Å². The molecule has 0 aromatic rings. The molecule has 0 aliphatic carbocycles. The molecular weight excluding hydrogens is 174 g/mol. The Balaban J connectivity index is 2.46. The highest BCUT2D eigenvalue weighted by atomic mass is 15.2. The number of nitrogens with two attached hydrogens (primary N) is 1. The second kappa shape index (κ2) is 5.10. The molecule has 0 amide bonds. The Morgan fingerprint density at radius 1 is 1.29 bits per heavy atom. The SMILES string of the molecule is CCCN1CCC(CN)(N(C)C)CC1. The van der Waals surface area contributed by atoms with Gasteiger partial charge in [0.2, 0.25) is 0 Å². The second-order valence-corrected chi connectivity index (χ2v) is 4.66. The van der Waals surface area contributed by atoms with E-state index in [1.54, 1.807) is 0 Å². The summed E-state index contributed by atoms with van der Waals surface area (Å²) in [6, 6.07) is 0. The summed E-state index contributed by atoms with van der Waals surface area (Å²) in [6.07, 6.45) is 3.70. The van der Waals surface area contributed by atoms with Crippen molar-refractivity contribution < 1.29 is 0 Å². The third kappa shape index (κ3) is 2.47. The lowest BCUT2D eigenvalue weighted by atomic mass is 9.86. The van der Waals surface area contributed by atoms with Crippen molar-refractivity contribution in [3.8, 4) is 0 Å². The third-order valence-electron chi connectivity index (χ3n) is 3.66. The second-order valence-electron chi connectivity index (χ2n) is 4.66. The van der Waals surface area contributed by atoms with Crippen LogP contribution in [0.2, 0.25) is 0 Å². The van der Waals surface area contributed by atoms with Crippen LogP contribution in [0.4, 0.5) is 0 Å². The van der Waals surface area contributed by atoms with E-state index in [2.05, 4.69) is 30.8 Å². The third-order valence-corrected chi connectivity index (χ3v) is 3.66. The van der Waals surface area contributed by atoms with E-state index in [9.17, 15) is 0 Å². The molecule has 1 fully saturated rings. The molecule has 3 nitrogen and oxygen atoms in total. The van der Waals surface area contributed by atoms with E-state index in [4.69, 9.17) is 5.73 Å². The van der Waals surface area contributed by atoms with Crippen LogP contribution in [0.3, 0.4) is 0 Å². The molecule has 0 bridgehead atoms. The maximum atomic E-state index is 5.90. The van der Waals surface area contributed by atoms with E-state index < -0.39 is 0 Å². The molecule has 0 aromatic heterocycles. The van der Waals surface area contributed by atoms with Crippen LogP contribution in [0.15, 0.2) is 0 Å². The van der Waals surface area contributed by atoms with Gasteiger partial charge >= 0.3 is 0 Å². The fraction of sp³-hybridized carbons (Fsp3) is 1.00. The van der Waals surface area contributed by atoms with E-state index in [1.165, 1.54) is 38.9 Å². The molecule has 0 atom stereocenters. The first-order valence-corrected chi connectivity index (χ1v) is 5.74. The molecule has 0 saturated carbocycles. The van der Waals surface area contributed by atoms with Crippen LogP contribution in [-0.2, 0) is 0 Å². The van der Waals surface area contributed by atoms with Gasteiger partial charge in [-0.1, -0.05) is 6.92 Å². The number of piperidine rings is 1. The Morgan fingerprint density at radius 3 is 2.21 bits per heavy atom. The number of rotatable bonds is 4. The molecule has 84 valence electrons. The summed E-state index contributed by atoms with van der Waals surface area (Å²) in [4.78, 5) is 4.87. The molecule has 0 unspecified atom stereocenters. The minimum absolute atomic E-state index is 0.268. The zero-order chi connectivity index (χ0) is 10.6. The van der Waals surface area contributed by atoms with Crippen molar-refractivity contribution >= 4 is 0 Å². The summed E-state index contributed by atoms with van der Waals surface area (Å²) in [5.41, 5.74) is 6.17. The highest BCUT2D eigenvalue weighted by molar-refractivity contribution is 4.93. The van der Waals surface area contributed by atoms with Gasteiger partial charge in [-0.2, -0.15) is 0 Å². The Kier molecular flexibility index (Phi) is 4.35. The summed E-state index contributed by atoms with van der Waals surface area (Å²) in [5, 5.41) is 0. The van der Waals surface area contributed by atoms with E-state index >= 15 is 0 Å². The molecule has 2 N–H and O–H groups in total. The lowest BCUT2D eigenvalue weighted by Crippen LogP contribution is -2.56. The molecule has 0 radical (unpaired) electrons. The van der Waals surface area contributed by atoms with Crippen molar-refractivity contribution in [2.45, 2.75) is 31.7 Å². The van der Waals surface area contributed by atoms with Crippen molar-refractivity contribution in [1.29, 1.82) is 0 Å². The van der Waals surface area contributed by atoms with Crippen molar-refractivity contribution in [1.82, 2.24) is 9.80 Å². The van der Waals surface area contributed by atoms with E-state index in [1.807, 2.05) is 0 Å².